The van der Waals surface area contributed by atoms with Crippen LogP contribution in [0, 0.1) is 11.8 Å². The van der Waals surface area contributed by atoms with E-state index in [-0.39, 0.29) is 0 Å². The van der Waals surface area contributed by atoms with Crippen molar-refractivity contribution in [3.05, 3.63) is 35.2 Å². The van der Waals surface area contributed by atoms with E-state index in [0.29, 0.717) is 11.8 Å². The average molecular weight is 176 g/mol. The molecule has 0 amide bonds. The summed E-state index contributed by atoms with van der Waals surface area (Å²) in [5.74, 6) is 3.75. The van der Waals surface area contributed by atoms with Gasteiger partial charge >= 0.3 is 0 Å². The van der Waals surface area contributed by atoms with Gasteiger partial charge in [0.2, 0.25) is 0 Å². The minimum absolute atomic E-state index is 0.649. The Bertz CT molecular complexity index is 305. The molecule has 0 N–H and O–H groups in total. The Hall–Kier alpha value is -0.610. The van der Waals surface area contributed by atoms with Gasteiger partial charge in [-0.2, -0.15) is 0 Å². The van der Waals surface area contributed by atoms with E-state index in [2.05, 4.69) is 43.9 Å². The first kappa shape index (κ1) is 8.01. The summed E-state index contributed by atoms with van der Waals surface area (Å²) in [7, 11) is 1.41. The largest absolute Gasteiger partial charge is 0.0770 e. The van der Waals surface area contributed by atoms with Crippen molar-refractivity contribution in [1.29, 1.82) is 0 Å². The molecule has 0 saturated heterocycles. The highest BCUT2D eigenvalue weighted by atomic mass is 31.1. The first-order valence-corrected chi connectivity index (χ1v) is 5.35. The molecule has 0 aromatic heterocycles. The highest BCUT2D eigenvalue weighted by molar-refractivity contribution is 7.43. The van der Waals surface area contributed by atoms with Crippen molar-refractivity contribution in [1.82, 2.24) is 0 Å². The number of rotatable bonds is 0. The zero-order valence-corrected chi connectivity index (χ0v) is 8.38. The lowest BCUT2D eigenvalue weighted by Gasteiger charge is -2.26. The molecule has 2 rings (SSSR count). The van der Waals surface area contributed by atoms with Crippen LogP contribution >= 0.6 is 8.20 Å². The Morgan fingerprint density at radius 1 is 1.33 bits per heavy atom. The predicted octanol–water partition coefficient (Wildman–Crippen LogP) is 3.40. The topological polar surface area (TPSA) is 0 Å². The Balaban J connectivity index is 2.44. The van der Waals surface area contributed by atoms with Crippen LogP contribution in [-0.4, -0.2) is 5.80 Å². The zero-order chi connectivity index (χ0) is 8.55. The summed E-state index contributed by atoms with van der Waals surface area (Å²) < 4.78 is 0. The molecule has 0 aromatic rings. The third-order valence-corrected chi connectivity index (χ3v) is 3.82. The van der Waals surface area contributed by atoms with Crippen molar-refractivity contribution < 1.29 is 0 Å². The van der Waals surface area contributed by atoms with Crippen molar-refractivity contribution in [2.45, 2.75) is 13.8 Å². The molecular formula is C11H13P. The van der Waals surface area contributed by atoms with Gasteiger partial charge in [-0.25, -0.2) is 0 Å². The second-order valence-electron chi connectivity index (χ2n) is 3.45. The molecule has 1 heteroatoms. The molecule has 1 aliphatic carbocycles. The molecule has 2 aliphatic rings. The number of hydrogen-bond acceptors (Lipinski definition) is 0. The van der Waals surface area contributed by atoms with E-state index in [4.69, 9.17) is 0 Å². The summed E-state index contributed by atoms with van der Waals surface area (Å²) in [4.78, 5) is 0. The smallest absolute Gasteiger partial charge is 0.00908 e. The van der Waals surface area contributed by atoms with Crippen LogP contribution in [0.25, 0.3) is 0 Å². The highest BCUT2D eigenvalue weighted by Crippen LogP contribution is 2.36. The summed E-state index contributed by atoms with van der Waals surface area (Å²) in [5.41, 5.74) is 1.54. The van der Waals surface area contributed by atoms with Gasteiger partial charge in [0.05, 0.1) is 0 Å². The van der Waals surface area contributed by atoms with Crippen molar-refractivity contribution in [2.24, 2.45) is 11.8 Å². The summed E-state index contributed by atoms with van der Waals surface area (Å²) in [5, 5.41) is 1.51. The van der Waals surface area contributed by atoms with Gasteiger partial charge in [0.25, 0.3) is 0 Å². The van der Waals surface area contributed by atoms with Gasteiger partial charge in [-0.1, -0.05) is 45.2 Å². The Kier molecular flexibility index (Phi) is 2.02. The number of fused-ring (bicyclic) bond motifs is 1. The lowest BCUT2D eigenvalue weighted by molar-refractivity contribution is 0.635. The second kappa shape index (κ2) is 3.03. The fourth-order valence-electron chi connectivity index (χ4n) is 1.77. The molecule has 0 nitrogen and oxygen atoms in total. The normalized spacial score (nSPS) is 33.8. The fraction of sp³-hybridized carbons (Fsp3) is 0.364. The van der Waals surface area contributed by atoms with Crippen LogP contribution < -0.4 is 0 Å². The summed E-state index contributed by atoms with van der Waals surface area (Å²) >= 11 is 0. The van der Waals surface area contributed by atoms with Gasteiger partial charge in [-0.05, 0) is 23.7 Å². The van der Waals surface area contributed by atoms with Gasteiger partial charge < -0.3 is 0 Å². The van der Waals surface area contributed by atoms with Crippen molar-refractivity contribution in [2.75, 3.05) is 0 Å². The SMILES string of the molecule is CC1=C2C=CC=CC2C(C)C=P1. The van der Waals surface area contributed by atoms with Gasteiger partial charge in [0.15, 0.2) is 0 Å². The predicted molar refractivity (Wildman–Crippen MR) is 56.6 cm³/mol. The maximum absolute atomic E-state index is 2.40. The third-order valence-electron chi connectivity index (χ3n) is 2.55. The van der Waals surface area contributed by atoms with E-state index >= 15 is 0 Å². The van der Waals surface area contributed by atoms with Crippen molar-refractivity contribution in [3.8, 4) is 0 Å². The number of allylic oxidation sites excluding steroid dienone is 6. The van der Waals surface area contributed by atoms with E-state index in [1.54, 1.807) is 0 Å². The van der Waals surface area contributed by atoms with E-state index in [9.17, 15) is 0 Å². The first-order valence-electron chi connectivity index (χ1n) is 4.39. The molecule has 0 radical (unpaired) electrons. The summed E-state index contributed by atoms with van der Waals surface area (Å²) in [6.45, 7) is 4.53. The third kappa shape index (κ3) is 1.21. The van der Waals surface area contributed by atoms with E-state index in [1.165, 1.54) is 19.1 Å². The lowest BCUT2D eigenvalue weighted by Crippen LogP contribution is -2.16. The summed E-state index contributed by atoms with van der Waals surface area (Å²) in [6.07, 6.45) is 8.88. The van der Waals surface area contributed by atoms with Gasteiger partial charge in [-0.15, -0.1) is 0 Å². The summed E-state index contributed by atoms with van der Waals surface area (Å²) in [6, 6.07) is 0. The molecule has 0 bridgehead atoms. The first-order chi connectivity index (χ1) is 5.79. The second-order valence-corrected chi connectivity index (χ2v) is 4.68. The highest BCUT2D eigenvalue weighted by Gasteiger charge is 2.21. The maximum Gasteiger partial charge on any atom is 0.00908 e. The minimum atomic E-state index is 0.649. The maximum atomic E-state index is 2.40. The molecule has 1 aliphatic heterocycles. The molecule has 0 spiro atoms. The van der Waals surface area contributed by atoms with E-state index in [1.807, 2.05) is 0 Å². The van der Waals surface area contributed by atoms with Crippen LogP contribution in [0.2, 0.25) is 0 Å². The van der Waals surface area contributed by atoms with Crippen molar-refractivity contribution >= 4 is 14.0 Å². The Morgan fingerprint density at radius 3 is 2.92 bits per heavy atom. The quantitative estimate of drug-likeness (QED) is 0.496. The molecule has 62 valence electrons. The molecule has 1 heterocycles. The molecule has 0 aromatic carbocycles. The van der Waals surface area contributed by atoms with E-state index in [0.717, 1.165) is 0 Å². The molecule has 0 fully saturated rings. The van der Waals surface area contributed by atoms with Gasteiger partial charge in [0, 0.05) is 5.92 Å². The molecule has 2 atom stereocenters. The Labute approximate surface area is 75.5 Å². The van der Waals surface area contributed by atoms with Crippen LogP contribution in [0.15, 0.2) is 35.2 Å². The lowest BCUT2D eigenvalue weighted by atomic mass is 9.85. The zero-order valence-electron chi connectivity index (χ0n) is 7.49. The van der Waals surface area contributed by atoms with Gasteiger partial charge in [0.1, 0.15) is 0 Å². The van der Waals surface area contributed by atoms with Crippen molar-refractivity contribution in [3.63, 3.8) is 0 Å². The van der Waals surface area contributed by atoms with Crippen LogP contribution in [0.1, 0.15) is 13.8 Å². The van der Waals surface area contributed by atoms with E-state index < -0.39 is 0 Å². The Morgan fingerprint density at radius 2 is 2.17 bits per heavy atom. The molecule has 2 unspecified atom stereocenters. The van der Waals surface area contributed by atoms with Crippen LogP contribution in [0.5, 0.6) is 0 Å². The number of hydrogen-bond donors (Lipinski definition) is 0. The standard InChI is InChI=1S/C11H13P/c1-8-7-12-9(2)11-6-4-3-5-10(8)11/h3-8,10H,1-2H3. The molecule has 12 heavy (non-hydrogen) atoms. The minimum Gasteiger partial charge on any atom is -0.0770 e. The average Bonchev–Trinajstić information content (AvgIpc) is 2.12. The van der Waals surface area contributed by atoms with Crippen LogP contribution in [-0.2, 0) is 0 Å². The van der Waals surface area contributed by atoms with Crippen LogP contribution in [0.3, 0.4) is 0 Å². The molecule has 0 saturated carbocycles. The monoisotopic (exact) mass is 176 g/mol. The van der Waals surface area contributed by atoms with Crippen LogP contribution in [0.4, 0.5) is 0 Å². The fourth-order valence-corrected chi connectivity index (χ4v) is 2.79. The molecular weight excluding hydrogens is 163 g/mol. The van der Waals surface area contributed by atoms with Gasteiger partial charge in [-0.3, -0.25) is 0 Å².